The number of fused-ring (bicyclic) bond motifs is 4. The third-order valence-corrected chi connectivity index (χ3v) is 6.80. The first-order valence-corrected chi connectivity index (χ1v) is 8.50. The smallest absolute Gasteiger partial charge is 0.159 e. The first-order valence-electron chi connectivity index (χ1n) is 8.50. The molecule has 0 amide bonds. The van der Waals surface area contributed by atoms with Gasteiger partial charge in [0.2, 0.25) is 0 Å². The SMILES string of the molecule is CC1CC2=C3CC[C@]4(C)C(=O)CCC4C3CCC2=CC1=O. The van der Waals surface area contributed by atoms with E-state index in [1.807, 2.05) is 6.08 Å². The Kier molecular flexibility index (Phi) is 2.83. The van der Waals surface area contributed by atoms with Crippen LogP contribution in [0.2, 0.25) is 0 Å². The molecule has 2 heteroatoms. The zero-order chi connectivity index (χ0) is 14.8. The van der Waals surface area contributed by atoms with Gasteiger partial charge in [-0.2, -0.15) is 0 Å². The molecule has 4 rings (SSSR count). The molecule has 4 atom stereocenters. The fourth-order valence-corrected chi connectivity index (χ4v) is 5.45. The molecule has 0 saturated heterocycles. The van der Waals surface area contributed by atoms with Crippen LogP contribution in [0.4, 0.5) is 0 Å². The normalized spacial score (nSPS) is 42.4. The van der Waals surface area contributed by atoms with Crippen LogP contribution in [-0.2, 0) is 9.59 Å². The summed E-state index contributed by atoms with van der Waals surface area (Å²) in [6.07, 6.45) is 9.04. The molecule has 0 heterocycles. The van der Waals surface area contributed by atoms with Crippen molar-refractivity contribution in [2.45, 2.75) is 58.8 Å². The monoisotopic (exact) mass is 284 g/mol. The van der Waals surface area contributed by atoms with E-state index in [4.69, 9.17) is 0 Å². The highest BCUT2D eigenvalue weighted by Crippen LogP contribution is 2.58. The zero-order valence-electron chi connectivity index (χ0n) is 13.1. The van der Waals surface area contributed by atoms with E-state index in [-0.39, 0.29) is 11.3 Å². The van der Waals surface area contributed by atoms with Gasteiger partial charge in [-0.1, -0.05) is 19.4 Å². The maximum atomic E-state index is 12.3. The predicted molar refractivity (Wildman–Crippen MR) is 81.7 cm³/mol. The molecular weight excluding hydrogens is 260 g/mol. The Morgan fingerprint density at radius 2 is 1.95 bits per heavy atom. The van der Waals surface area contributed by atoms with Crippen molar-refractivity contribution in [3.8, 4) is 0 Å². The standard InChI is InChI=1S/C19H24O2/c1-11-9-15-12(10-17(11)20)3-4-14-13(15)7-8-19(2)16(14)5-6-18(19)21/h10-11,14,16H,3-9H2,1-2H3/t11?,14?,16?,19-/m0/s1. The summed E-state index contributed by atoms with van der Waals surface area (Å²) < 4.78 is 0. The van der Waals surface area contributed by atoms with Crippen molar-refractivity contribution in [1.29, 1.82) is 0 Å². The van der Waals surface area contributed by atoms with Crippen LogP contribution < -0.4 is 0 Å². The lowest BCUT2D eigenvalue weighted by molar-refractivity contribution is -0.128. The highest BCUT2D eigenvalue weighted by Gasteiger charge is 2.53. The third-order valence-electron chi connectivity index (χ3n) is 6.80. The molecule has 0 aromatic heterocycles. The van der Waals surface area contributed by atoms with Gasteiger partial charge in [0, 0.05) is 17.8 Å². The summed E-state index contributed by atoms with van der Waals surface area (Å²) >= 11 is 0. The molecule has 0 bridgehead atoms. The minimum atomic E-state index is -0.0496. The molecule has 2 saturated carbocycles. The molecule has 112 valence electrons. The van der Waals surface area contributed by atoms with Gasteiger partial charge in [0.05, 0.1) is 0 Å². The third kappa shape index (κ3) is 1.77. The van der Waals surface area contributed by atoms with Crippen molar-refractivity contribution in [3.63, 3.8) is 0 Å². The molecule has 3 unspecified atom stereocenters. The Morgan fingerprint density at radius 3 is 2.76 bits per heavy atom. The van der Waals surface area contributed by atoms with E-state index in [0.29, 0.717) is 23.4 Å². The highest BCUT2D eigenvalue weighted by atomic mass is 16.1. The molecule has 0 aromatic carbocycles. The van der Waals surface area contributed by atoms with E-state index < -0.39 is 0 Å². The summed E-state index contributed by atoms with van der Waals surface area (Å²) in [6.45, 7) is 4.27. The number of carbonyl (C=O) groups excluding carboxylic acids is 2. The summed E-state index contributed by atoms with van der Waals surface area (Å²) in [5.74, 6) is 2.14. The summed E-state index contributed by atoms with van der Waals surface area (Å²) in [7, 11) is 0. The predicted octanol–water partition coefficient (Wildman–Crippen LogP) is 4.01. The lowest BCUT2D eigenvalue weighted by atomic mass is 9.57. The van der Waals surface area contributed by atoms with Gasteiger partial charge in [-0.25, -0.2) is 0 Å². The lowest BCUT2D eigenvalue weighted by Gasteiger charge is -2.46. The van der Waals surface area contributed by atoms with Crippen molar-refractivity contribution in [2.24, 2.45) is 23.2 Å². The van der Waals surface area contributed by atoms with Crippen molar-refractivity contribution in [3.05, 3.63) is 22.8 Å². The molecule has 0 aliphatic heterocycles. The largest absolute Gasteiger partial charge is 0.299 e. The topological polar surface area (TPSA) is 34.1 Å². The molecule has 0 N–H and O–H groups in total. The van der Waals surface area contributed by atoms with E-state index in [2.05, 4.69) is 13.8 Å². The minimum Gasteiger partial charge on any atom is -0.299 e. The fraction of sp³-hybridized carbons (Fsp3) is 0.684. The molecule has 0 spiro atoms. The number of hydrogen-bond acceptors (Lipinski definition) is 2. The number of ketones is 2. The van der Waals surface area contributed by atoms with E-state index in [9.17, 15) is 9.59 Å². The second-order valence-electron chi connectivity index (χ2n) is 7.81. The van der Waals surface area contributed by atoms with E-state index in [0.717, 1.165) is 44.9 Å². The van der Waals surface area contributed by atoms with Crippen molar-refractivity contribution >= 4 is 11.6 Å². The maximum Gasteiger partial charge on any atom is 0.159 e. The summed E-state index contributed by atoms with van der Waals surface area (Å²) in [4.78, 5) is 24.3. The van der Waals surface area contributed by atoms with Crippen LogP contribution in [0.5, 0.6) is 0 Å². The Balaban J connectivity index is 1.76. The van der Waals surface area contributed by atoms with Crippen molar-refractivity contribution in [1.82, 2.24) is 0 Å². The Bertz CT molecular complexity index is 595. The molecular formula is C19H24O2. The van der Waals surface area contributed by atoms with Crippen LogP contribution in [0.1, 0.15) is 58.8 Å². The van der Waals surface area contributed by atoms with Crippen LogP contribution in [0.25, 0.3) is 0 Å². The average molecular weight is 284 g/mol. The number of allylic oxidation sites excluding steroid dienone is 4. The molecule has 2 fully saturated rings. The van der Waals surface area contributed by atoms with Gasteiger partial charge in [0.15, 0.2) is 5.78 Å². The summed E-state index contributed by atoms with van der Waals surface area (Å²) in [5.41, 5.74) is 4.38. The van der Waals surface area contributed by atoms with Crippen LogP contribution in [-0.4, -0.2) is 11.6 Å². The van der Waals surface area contributed by atoms with Crippen LogP contribution in [0.3, 0.4) is 0 Å². The van der Waals surface area contributed by atoms with E-state index >= 15 is 0 Å². The Labute approximate surface area is 126 Å². The first-order chi connectivity index (χ1) is 10.0. The van der Waals surface area contributed by atoms with Crippen molar-refractivity contribution in [2.75, 3.05) is 0 Å². The Morgan fingerprint density at radius 1 is 1.14 bits per heavy atom. The summed E-state index contributed by atoms with van der Waals surface area (Å²) in [6, 6.07) is 0. The van der Waals surface area contributed by atoms with E-state index in [1.54, 1.807) is 5.57 Å². The van der Waals surface area contributed by atoms with Crippen LogP contribution in [0.15, 0.2) is 22.8 Å². The number of Topliss-reactive ketones (excluding diaryl/α,β-unsaturated/α-hetero) is 1. The molecule has 0 radical (unpaired) electrons. The Hall–Kier alpha value is -1.18. The van der Waals surface area contributed by atoms with Gasteiger partial charge in [-0.3, -0.25) is 9.59 Å². The van der Waals surface area contributed by atoms with Gasteiger partial charge in [0.25, 0.3) is 0 Å². The number of carbonyl (C=O) groups is 2. The fourth-order valence-electron chi connectivity index (χ4n) is 5.45. The van der Waals surface area contributed by atoms with Crippen LogP contribution in [0, 0.1) is 23.2 Å². The number of rotatable bonds is 0. The lowest BCUT2D eigenvalue weighted by Crippen LogP contribution is -2.40. The molecule has 2 nitrogen and oxygen atoms in total. The second-order valence-corrected chi connectivity index (χ2v) is 7.81. The molecule has 21 heavy (non-hydrogen) atoms. The van der Waals surface area contributed by atoms with Crippen LogP contribution >= 0.6 is 0 Å². The van der Waals surface area contributed by atoms with Gasteiger partial charge < -0.3 is 0 Å². The minimum absolute atomic E-state index is 0.0496. The van der Waals surface area contributed by atoms with Gasteiger partial charge in [-0.05, 0) is 67.6 Å². The first kappa shape index (κ1) is 13.5. The highest BCUT2D eigenvalue weighted by molar-refractivity contribution is 5.95. The molecule has 0 aromatic rings. The number of hydrogen-bond donors (Lipinski definition) is 0. The van der Waals surface area contributed by atoms with Gasteiger partial charge in [-0.15, -0.1) is 0 Å². The van der Waals surface area contributed by atoms with Crippen molar-refractivity contribution < 1.29 is 9.59 Å². The molecule has 4 aliphatic carbocycles. The molecule has 4 aliphatic rings. The quantitative estimate of drug-likeness (QED) is 0.673. The zero-order valence-corrected chi connectivity index (χ0v) is 13.1. The van der Waals surface area contributed by atoms with Gasteiger partial charge >= 0.3 is 0 Å². The van der Waals surface area contributed by atoms with E-state index in [1.165, 1.54) is 11.1 Å². The second kappa shape index (κ2) is 4.41. The maximum absolute atomic E-state index is 12.3. The van der Waals surface area contributed by atoms with Gasteiger partial charge in [0.1, 0.15) is 5.78 Å². The summed E-state index contributed by atoms with van der Waals surface area (Å²) in [5, 5.41) is 0. The average Bonchev–Trinajstić information content (AvgIpc) is 2.76.